The molecule has 5 heteroatoms. The SMILES string of the molecule is CC[C@H](NCc1ccco1)c1nc2ccccc2c(=O)n1CC. The van der Waals surface area contributed by atoms with Gasteiger partial charge in [0.15, 0.2) is 0 Å². The van der Waals surface area contributed by atoms with E-state index in [9.17, 15) is 4.79 Å². The summed E-state index contributed by atoms with van der Waals surface area (Å²) >= 11 is 0. The summed E-state index contributed by atoms with van der Waals surface area (Å²) in [5.41, 5.74) is 0.766. The molecule has 0 saturated carbocycles. The summed E-state index contributed by atoms with van der Waals surface area (Å²) < 4.78 is 7.12. The molecule has 1 atom stereocenters. The van der Waals surface area contributed by atoms with Crippen LogP contribution >= 0.6 is 0 Å². The molecule has 0 unspecified atom stereocenters. The van der Waals surface area contributed by atoms with Crippen LogP contribution in [-0.2, 0) is 13.1 Å². The summed E-state index contributed by atoms with van der Waals surface area (Å²) in [6.07, 6.45) is 2.50. The van der Waals surface area contributed by atoms with Crippen molar-refractivity contribution in [2.24, 2.45) is 0 Å². The van der Waals surface area contributed by atoms with Crippen molar-refractivity contribution in [3.63, 3.8) is 0 Å². The highest BCUT2D eigenvalue weighted by Crippen LogP contribution is 2.17. The zero-order chi connectivity index (χ0) is 16.2. The third-order valence-corrected chi connectivity index (χ3v) is 4.03. The molecule has 0 bridgehead atoms. The van der Waals surface area contributed by atoms with Crippen LogP contribution < -0.4 is 10.9 Å². The van der Waals surface area contributed by atoms with Gasteiger partial charge in [-0.25, -0.2) is 4.98 Å². The topological polar surface area (TPSA) is 60.1 Å². The number of nitrogens with zero attached hydrogens (tertiary/aromatic N) is 2. The van der Waals surface area contributed by atoms with E-state index in [0.717, 1.165) is 23.5 Å². The summed E-state index contributed by atoms with van der Waals surface area (Å²) in [4.78, 5) is 17.5. The molecule has 23 heavy (non-hydrogen) atoms. The van der Waals surface area contributed by atoms with E-state index in [1.165, 1.54) is 0 Å². The molecule has 1 aromatic carbocycles. The van der Waals surface area contributed by atoms with Gasteiger partial charge in [0, 0.05) is 6.54 Å². The Labute approximate surface area is 135 Å². The molecular weight excluding hydrogens is 290 g/mol. The van der Waals surface area contributed by atoms with E-state index in [1.54, 1.807) is 10.8 Å². The summed E-state index contributed by atoms with van der Waals surface area (Å²) in [6, 6.07) is 11.3. The molecule has 5 nitrogen and oxygen atoms in total. The fourth-order valence-corrected chi connectivity index (χ4v) is 2.81. The van der Waals surface area contributed by atoms with E-state index >= 15 is 0 Å². The number of fused-ring (bicyclic) bond motifs is 1. The summed E-state index contributed by atoms with van der Waals surface area (Å²) in [6.45, 7) is 5.27. The molecule has 0 saturated heterocycles. The van der Waals surface area contributed by atoms with Gasteiger partial charge >= 0.3 is 0 Å². The molecule has 120 valence electrons. The van der Waals surface area contributed by atoms with E-state index in [0.29, 0.717) is 18.5 Å². The van der Waals surface area contributed by atoms with Gasteiger partial charge in [0.2, 0.25) is 0 Å². The van der Waals surface area contributed by atoms with Crippen molar-refractivity contribution in [1.82, 2.24) is 14.9 Å². The van der Waals surface area contributed by atoms with Gasteiger partial charge in [-0.05, 0) is 37.6 Å². The molecular formula is C18H21N3O2. The normalized spacial score (nSPS) is 12.6. The van der Waals surface area contributed by atoms with E-state index < -0.39 is 0 Å². The molecule has 0 aliphatic heterocycles. The molecule has 0 aliphatic rings. The first kappa shape index (κ1) is 15.5. The average Bonchev–Trinajstić information content (AvgIpc) is 3.09. The number of para-hydroxylation sites is 1. The first-order chi connectivity index (χ1) is 11.2. The fourth-order valence-electron chi connectivity index (χ4n) is 2.81. The lowest BCUT2D eigenvalue weighted by Crippen LogP contribution is -2.31. The third kappa shape index (κ3) is 3.05. The molecule has 1 N–H and O–H groups in total. The fraction of sp³-hybridized carbons (Fsp3) is 0.333. The predicted molar refractivity (Wildman–Crippen MR) is 90.3 cm³/mol. The molecule has 0 amide bonds. The van der Waals surface area contributed by atoms with E-state index in [-0.39, 0.29) is 11.6 Å². The Hall–Kier alpha value is -2.40. The Balaban J connectivity index is 2.00. The lowest BCUT2D eigenvalue weighted by molar-refractivity contribution is 0.420. The first-order valence-electron chi connectivity index (χ1n) is 7.99. The van der Waals surface area contributed by atoms with Crippen LogP contribution in [0.3, 0.4) is 0 Å². The van der Waals surface area contributed by atoms with E-state index in [1.807, 2.05) is 43.3 Å². The maximum absolute atomic E-state index is 12.7. The summed E-state index contributed by atoms with van der Waals surface area (Å²) in [5.74, 6) is 1.65. The standard InChI is InChI=1S/C18H21N3O2/c1-3-15(19-12-13-8-7-11-23-13)17-20-16-10-6-5-9-14(16)18(22)21(17)4-2/h5-11,15,19H,3-4,12H2,1-2H3/t15-/m0/s1. The monoisotopic (exact) mass is 311 g/mol. The van der Waals surface area contributed by atoms with Crippen molar-refractivity contribution < 1.29 is 4.42 Å². The van der Waals surface area contributed by atoms with Gasteiger partial charge < -0.3 is 9.73 Å². The molecule has 0 aliphatic carbocycles. The number of hydrogen-bond donors (Lipinski definition) is 1. The van der Waals surface area contributed by atoms with Crippen molar-refractivity contribution in [1.29, 1.82) is 0 Å². The van der Waals surface area contributed by atoms with Crippen LogP contribution in [0.25, 0.3) is 10.9 Å². The Bertz CT molecular complexity index is 837. The quantitative estimate of drug-likeness (QED) is 0.759. The maximum Gasteiger partial charge on any atom is 0.261 e. The number of benzene rings is 1. The molecule has 0 radical (unpaired) electrons. The minimum atomic E-state index is -0.00245. The van der Waals surface area contributed by atoms with Crippen LogP contribution in [0.4, 0.5) is 0 Å². The number of nitrogens with one attached hydrogen (secondary N) is 1. The van der Waals surface area contributed by atoms with Crippen molar-refractivity contribution in [3.8, 4) is 0 Å². The lowest BCUT2D eigenvalue weighted by atomic mass is 10.1. The Morgan fingerprint density at radius 2 is 2.04 bits per heavy atom. The maximum atomic E-state index is 12.7. The number of rotatable bonds is 6. The first-order valence-corrected chi connectivity index (χ1v) is 7.99. The van der Waals surface area contributed by atoms with Crippen molar-refractivity contribution >= 4 is 10.9 Å². The molecule has 3 aromatic rings. The van der Waals surface area contributed by atoms with Crippen LogP contribution in [0.5, 0.6) is 0 Å². The molecule has 2 aromatic heterocycles. The van der Waals surface area contributed by atoms with Gasteiger partial charge in [0.05, 0.1) is 29.8 Å². The van der Waals surface area contributed by atoms with Crippen LogP contribution in [0.1, 0.15) is 37.9 Å². The van der Waals surface area contributed by atoms with Gasteiger partial charge in [0.25, 0.3) is 5.56 Å². The highest BCUT2D eigenvalue weighted by molar-refractivity contribution is 5.77. The Morgan fingerprint density at radius 1 is 1.22 bits per heavy atom. The van der Waals surface area contributed by atoms with Crippen LogP contribution in [0, 0.1) is 0 Å². The van der Waals surface area contributed by atoms with Gasteiger partial charge in [0.1, 0.15) is 11.6 Å². The molecule has 2 heterocycles. The summed E-state index contributed by atoms with van der Waals surface area (Å²) in [5, 5.41) is 4.10. The Morgan fingerprint density at radius 3 is 2.74 bits per heavy atom. The predicted octanol–water partition coefficient (Wildman–Crippen LogP) is 3.25. The molecule has 0 fully saturated rings. The van der Waals surface area contributed by atoms with Crippen LogP contribution in [0.15, 0.2) is 51.9 Å². The van der Waals surface area contributed by atoms with Crippen molar-refractivity contribution in [2.45, 2.75) is 39.4 Å². The van der Waals surface area contributed by atoms with E-state index in [2.05, 4.69) is 12.2 Å². The zero-order valence-electron chi connectivity index (χ0n) is 13.5. The van der Waals surface area contributed by atoms with Gasteiger partial charge in [-0.3, -0.25) is 9.36 Å². The van der Waals surface area contributed by atoms with Crippen molar-refractivity contribution in [2.75, 3.05) is 0 Å². The minimum Gasteiger partial charge on any atom is -0.468 e. The third-order valence-electron chi connectivity index (χ3n) is 4.03. The second kappa shape index (κ2) is 6.79. The molecule has 0 spiro atoms. The van der Waals surface area contributed by atoms with Crippen LogP contribution in [-0.4, -0.2) is 9.55 Å². The number of hydrogen-bond acceptors (Lipinski definition) is 4. The molecule has 3 rings (SSSR count). The number of furan rings is 1. The number of aromatic nitrogens is 2. The van der Waals surface area contributed by atoms with Gasteiger partial charge in [-0.2, -0.15) is 0 Å². The van der Waals surface area contributed by atoms with Crippen molar-refractivity contribution in [3.05, 3.63) is 64.6 Å². The van der Waals surface area contributed by atoms with Gasteiger partial charge in [-0.15, -0.1) is 0 Å². The minimum absolute atomic E-state index is 0.00245. The lowest BCUT2D eigenvalue weighted by Gasteiger charge is -2.20. The highest BCUT2D eigenvalue weighted by atomic mass is 16.3. The van der Waals surface area contributed by atoms with Crippen LogP contribution in [0.2, 0.25) is 0 Å². The summed E-state index contributed by atoms with van der Waals surface area (Å²) in [7, 11) is 0. The van der Waals surface area contributed by atoms with E-state index in [4.69, 9.17) is 9.40 Å². The average molecular weight is 311 g/mol. The second-order valence-electron chi connectivity index (χ2n) is 5.46. The second-order valence-corrected chi connectivity index (χ2v) is 5.46. The highest BCUT2D eigenvalue weighted by Gasteiger charge is 2.18. The smallest absolute Gasteiger partial charge is 0.261 e. The van der Waals surface area contributed by atoms with Gasteiger partial charge in [-0.1, -0.05) is 19.1 Å². The largest absolute Gasteiger partial charge is 0.468 e. The zero-order valence-corrected chi connectivity index (χ0v) is 13.5. The Kier molecular flexibility index (Phi) is 4.57.